The summed E-state index contributed by atoms with van der Waals surface area (Å²) in [4.78, 5) is 24.7. The molecule has 1 aliphatic heterocycles. The Kier molecular flexibility index (Phi) is 5.09. The van der Waals surface area contributed by atoms with Crippen LogP contribution in [0.15, 0.2) is 42.5 Å². The molecule has 0 aromatic heterocycles. The second kappa shape index (κ2) is 7.30. The molecule has 2 amide bonds. The van der Waals surface area contributed by atoms with Gasteiger partial charge in [-0.25, -0.2) is 0 Å². The monoisotopic (exact) mass is 351 g/mol. The summed E-state index contributed by atoms with van der Waals surface area (Å²) in [6, 6.07) is 13.8. The van der Waals surface area contributed by atoms with Crippen LogP contribution in [0.25, 0.3) is 11.1 Å². The van der Waals surface area contributed by atoms with E-state index in [1.165, 1.54) is 0 Å². The van der Waals surface area contributed by atoms with Crippen molar-refractivity contribution in [2.45, 2.75) is 39.3 Å². The van der Waals surface area contributed by atoms with Gasteiger partial charge in [0.05, 0.1) is 0 Å². The molecule has 0 saturated carbocycles. The Morgan fingerprint density at radius 1 is 1.19 bits per heavy atom. The van der Waals surface area contributed by atoms with E-state index in [-0.39, 0.29) is 23.9 Å². The van der Waals surface area contributed by atoms with Crippen molar-refractivity contribution in [1.29, 1.82) is 0 Å². The van der Waals surface area contributed by atoms with Crippen molar-refractivity contribution in [2.24, 2.45) is 11.7 Å². The zero-order valence-electron chi connectivity index (χ0n) is 15.4. The Morgan fingerprint density at radius 2 is 1.85 bits per heavy atom. The molecule has 2 aromatic rings. The number of carbonyl (C=O) groups excluding carboxylic acids is 2. The van der Waals surface area contributed by atoms with Crippen molar-refractivity contribution < 1.29 is 9.59 Å². The Labute approximate surface area is 154 Å². The molecular formula is C21H25N3O2. The van der Waals surface area contributed by atoms with E-state index in [1.807, 2.05) is 41.3 Å². The van der Waals surface area contributed by atoms with E-state index in [0.717, 1.165) is 34.5 Å². The number of amides is 2. The van der Waals surface area contributed by atoms with Gasteiger partial charge >= 0.3 is 0 Å². The normalized spacial score (nSPS) is 21.8. The van der Waals surface area contributed by atoms with Crippen molar-refractivity contribution in [3.05, 3.63) is 48.0 Å². The average Bonchev–Trinajstić information content (AvgIpc) is 2.64. The minimum absolute atomic E-state index is 0.0499. The van der Waals surface area contributed by atoms with E-state index in [1.54, 1.807) is 6.92 Å². The molecule has 0 aliphatic carbocycles. The van der Waals surface area contributed by atoms with Crippen molar-refractivity contribution in [2.75, 3.05) is 10.2 Å². The lowest BCUT2D eigenvalue weighted by Crippen LogP contribution is -2.50. The Morgan fingerprint density at radius 3 is 2.42 bits per heavy atom. The molecule has 3 atom stereocenters. The number of fused-ring (bicyclic) bond motifs is 1. The molecule has 3 rings (SSSR count). The average molecular weight is 351 g/mol. The third-order valence-electron chi connectivity index (χ3n) is 5.35. The summed E-state index contributed by atoms with van der Waals surface area (Å²) in [5, 5.41) is 2.63. The Balaban J connectivity index is 2.04. The van der Waals surface area contributed by atoms with Crippen LogP contribution in [-0.2, 0) is 9.59 Å². The first-order chi connectivity index (χ1) is 12.5. The van der Waals surface area contributed by atoms with Gasteiger partial charge in [-0.15, -0.1) is 0 Å². The van der Waals surface area contributed by atoms with Crippen LogP contribution in [0.3, 0.4) is 0 Å². The van der Waals surface area contributed by atoms with E-state index in [2.05, 4.69) is 25.2 Å². The summed E-state index contributed by atoms with van der Waals surface area (Å²) in [6.45, 7) is 5.82. The number of hydrogen-bond acceptors (Lipinski definition) is 3. The molecule has 136 valence electrons. The molecule has 2 aromatic carbocycles. The first-order valence-electron chi connectivity index (χ1n) is 8.97. The highest BCUT2D eigenvalue weighted by molar-refractivity contribution is 5.94. The van der Waals surface area contributed by atoms with Gasteiger partial charge in [-0.05, 0) is 53.3 Å². The van der Waals surface area contributed by atoms with Gasteiger partial charge in [0.25, 0.3) is 0 Å². The van der Waals surface area contributed by atoms with Gasteiger partial charge in [0.2, 0.25) is 12.3 Å². The highest BCUT2D eigenvalue weighted by Gasteiger charge is 2.37. The van der Waals surface area contributed by atoms with Gasteiger partial charge in [0.1, 0.15) is 0 Å². The topological polar surface area (TPSA) is 75.4 Å². The fraction of sp³-hybridized carbons (Fsp3) is 0.333. The molecule has 1 aliphatic rings. The smallest absolute Gasteiger partial charge is 0.224 e. The molecule has 0 spiro atoms. The van der Waals surface area contributed by atoms with Crippen LogP contribution in [0.4, 0.5) is 11.4 Å². The lowest BCUT2D eigenvalue weighted by Gasteiger charge is -2.43. The summed E-state index contributed by atoms with van der Waals surface area (Å²) in [7, 11) is 0. The second-order valence-corrected chi connectivity index (χ2v) is 6.86. The van der Waals surface area contributed by atoms with Crippen LogP contribution in [0.2, 0.25) is 0 Å². The molecule has 5 heteroatoms. The third-order valence-corrected chi connectivity index (χ3v) is 5.35. The predicted octanol–water partition coefficient (Wildman–Crippen LogP) is 3.70. The minimum Gasteiger partial charge on any atom is -0.329 e. The second-order valence-electron chi connectivity index (χ2n) is 6.86. The standard InChI is InChI=1S/C21H25N3O2/c1-4-19-13(2)21(22)18-11-16(7-10-20(18)24(19)14(3)26)15-5-8-17(9-6-15)23-12-25/h5-13,19,21H,4,22H2,1-3H3,(H,23,25)/t13-,19?,21+/m0/s1. The van der Waals surface area contributed by atoms with Gasteiger partial charge < -0.3 is 16.0 Å². The molecule has 1 unspecified atom stereocenters. The van der Waals surface area contributed by atoms with E-state index in [9.17, 15) is 9.59 Å². The maximum absolute atomic E-state index is 12.3. The summed E-state index contributed by atoms with van der Waals surface area (Å²) in [5.41, 5.74) is 11.3. The number of anilines is 2. The molecule has 26 heavy (non-hydrogen) atoms. The summed E-state index contributed by atoms with van der Waals surface area (Å²) in [6.07, 6.45) is 1.54. The number of carbonyl (C=O) groups is 2. The molecule has 0 saturated heterocycles. The summed E-state index contributed by atoms with van der Waals surface area (Å²) < 4.78 is 0. The fourth-order valence-corrected chi connectivity index (χ4v) is 3.94. The lowest BCUT2D eigenvalue weighted by atomic mass is 9.80. The Hall–Kier alpha value is -2.66. The van der Waals surface area contributed by atoms with Crippen LogP contribution >= 0.6 is 0 Å². The van der Waals surface area contributed by atoms with Crippen LogP contribution in [-0.4, -0.2) is 18.4 Å². The van der Waals surface area contributed by atoms with Crippen molar-refractivity contribution >= 4 is 23.7 Å². The van der Waals surface area contributed by atoms with Crippen LogP contribution in [0.5, 0.6) is 0 Å². The van der Waals surface area contributed by atoms with Crippen molar-refractivity contribution in [1.82, 2.24) is 0 Å². The molecule has 1 heterocycles. The molecule has 3 N–H and O–H groups in total. The third kappa shape index (κ3) is 3.10. The van der Waals surface area contributed by atoms with E-state index >= 15 is 0 Å². The molecule has 5 nitrogen and oxygen atoms in total. The van der Waals surface area contributed by atoms with Crippen LogP contribution in [0.1, 0.15) is 38.8 Å². The maximum atomic E-state index is 12.3. The first kappa shape index (κ1) is 18.1. The van der Waals surface area contributed by atoms with E-state index in [0.29, 0.717) is 6.41 Å². The highest BCUT2D eigenvalue weighted by Crippen LogP contribution is 2.42. The van der Waals surface area contributed by atoms with Gasteiger partial charge in [-0.1, -0.05) is 32.0 Å². The summed E-state index contributed by atoms with van der Waals surface area (Å²) >= 11 is 0. The highest BCUT2D eigenvalue weighted by atomic mass is 16.2. The number of nitrogens with zero attached hydrogens (tertiary/aromatic N) is 1. The number of nitrogens with one attached hydrogen (secondary N) is 1. The zero-order chi connectivity index (χ0) is 18.8. The van der Waals surface area contributed by atoms with Gasteiger partial charge in [0, 0.05) is 30.4 Å². The van der Waals surface area contributed by atoms with Gasteiger partial charge in [-0.3, -0.25) is 9.59 Å². The number of benzene rings is 2. The van der Waals surface area contributed by atoms with E-state index in [4.69, 9.17) is 5.73 Å². The van der Waals surface area contributed by atoms with Crippen LogP contribution in [0, 0.1) is 5.92 Å². The molecule has 0 radical (unpaired) electrons. The van der Waals surface area contributed by atoms with Gasteiger partial charge in [0.15, 0.2) is 0 Å². The Bertz CT molecular complexity index is 817. The SMILES string of the molecule is CCC1[C@H](C)[C@@H](N)c2cc(-c3ccc(NC=O)cc3)ccc2N1C(C)=O. The quantitative estimate of drug-likeness (QED) is 0.825. The number of rotatable bonds is 4. The maximum Gasteiger partial charge on any atom is 0.224 e. The fourth-order valence-electron chi connectivity index (χ4n) is 3.94. The summed E-state index contributed by atoms with van der Waals surface area (Å²) in [5.74, 6) is 0.236. The molecule has 0 bridgehead atoms. The predicted molar refractivity (Wildman–Crippen MR) is 105 cm³/mol. The zero-order valence-corrected chi connectivity index (χ0v) is 15.4. The molecular weight excluding hydrogens is 326 g/mol. The van der Waals surface area contributed by atoms with Crippen molar-refractivity contribution in [3.8, 4) is 11.1 Å². The molecule has 0 fully saturated rings. The number of hydrogen-bond donors (Lipinski definition) is 2. The lowest BCUT2D eigenvalue weighted by molar-refractivity contribution is -0.117. The first-order valence-corrected chi connectivity index (χ1v) is 8.97. The van der Waals surface area contributed by atoms with Gasteiger partial charge in [-0.2, -0.15) is 0 Å². The van der Waals surface area contributed by atoms with E-state index < -0.39 is 0 Å². The minimum atomic E-state index is -0.110. The largest absolute Gasteiger partial charge is 0.329 e. The van der Waals surface area contributed by atoms with Crippen LogP contribution < -0.4 is 16.0 Å². The number of nitrogens with two attached hydrogens (primary N) is 1. The van der Waals surface area contributed by atoms with Crippen molar-refractivity contribution in [3.63, 3.8) is 0 Å².